The van der Waals surface area contributed by atoms with Crippen LogP contribution in [-0.4, -0.2) is 54.8 Å². The van der Waals surface area contributed by atoms with Gasteiger partial charge in [-0.05, 0) is 42.0 Å². The Morgan fingerprint density at radius 2 is 1.97 bits per heavy atom. The van der Waals surface area contributed by atoms with Crippen molar-refractivity contribution < 1.29 is 19.4 Å². The summed E-state index contributed by atoms with van der Waals surface area (Å²) in [5, 5.41) is 10.5. The highest BCUT2D eigenvalue weighted by atomic mass is 79.9. The van der Waals surface area contributed by atoms with E-state index in [4.69, 9.17) is 19.6 Å². The fourth-order valence-electron chi connectivity index (χ4n) is 3.47. The molecule has 2 N–H and O–H groups in total. The smallest absolute Gasteiger partial charge is 0.266 e. The van der Waals surface area contributed by atoms with E-state index >= 15 is 0 Å². The number of aliphatic imine (C=N–C) groups is 1. The molecule has 7 nitrogen and oxygen atoms in total. The molecule has 3 rings (SSSR count). The topological polar surface area (TPSA) is 83.4 Å². The molecule has 1 aliphatic rings. The molecule has 0 bridgehead atoms. The van der Waals surface area contributed by atoms with Gasteiger partial charge in [0.25, 0.3) is 5.91 Å². The summed E-state index contributed by atoms with van der Waals surface area (Å²) >= 11 is 3.46. The van der Waals surface area contributed by atoms with Crippen LogP contribution in [0.25, 0.3) is 0 Å². The van der Waals surface area contributed by atoms with Gasteiger partial charge >= 0.3 is 0 Å². The summed E-state index contributed by atoms with van der Waals surface area (Å²) in [6, 6.07) is 15.0. The van der Waals surface area contributed by atoms with Crippen LogP contribution < -0.4 is 10.2 Å². The minimum absolute atomic E-state index is 0.0839. The van der Waals surface area contributed by atoms with E-state index in [-0.39, 0.29) is 12.5 Å². The highest BCUT2D eigenvalue weighted by Gasteiger charge is 2.52. The molecule has 1 heterocycles. The lowest BCUT2D eigenvalue weighted by atomic mass is 9.84. The van der Waals surface area contributed by atoms with Crippen LogP contribution in [0.15, 0.2) is 70.7 Å². The molecule has 0 aliphatic carbocycles. The molecule has 0 fully saturated rings. The van der Waals surface area contributed by atoms with Gasteiger partial charge < -0.3 is 14.6 Å². The lowest BCUT2D eigenvalue weighted by molar-refractivity contribution is -0.132. The first kappa shape index (κ1) is 24.0. The van der Waals surface area contributed by atoms with E-state index in [0.717, 1.165) is 15.6 Å². The number of hydrogen-bond acceptors (Lipinski definition) is 6. The molecule has 32 heavy (non-hydrogen) atoms. The molecule has 1 aliphatic heterocycles. The Bertz CT molecular complexity index is 960. The first-order valence-corrected chi connectivity index (χ1v) is 11.1. The van der Waals surface area contributed by atoms with Gasteiger partial charge in [-0.1, -0.05) is 34.1 Å². The average molecular weight is 502 g/mol. The molecule has 2 aromatic rings. The van der Waals surface area contributed by atoms with Crippen molar-refractivity contribution in [2.45, 2.75) is 24.5 Å². The summed E-state index contributed by atoms with van der Waals surface area (Å²) in [5.41, 5.74) is 3.22. The van der Waals surface area contributed by atoms with Gasteiger partial charge in [0.1, 0.15) is 5.75 Å². The molecule has 0 spiro atoms. The number of amides is 1. The van der Waals surface area contributed by atoms with Crippen LogP contribution in [-0.2, 0) is 9.53 Å². The molecule has 1 amide bonds. The standard InChI is InChI=1S/C24H28BrN3O4/c1-4-14-24(23(30)27-28(2)3)21(17-6-10-19(25)11-7-17)32-22(26-24)18-8-12-20(13-9-18)31-16-5-15-29/h4,6-13,21,29H,1,5,14-16H2,2-3H3,(H,27,30)/t21-,24-/m0/s1. The normalized spacial score (nSPS) is 19.9. The lowest BCUT2D eigenvalue weighted by Crippen LogP contribution is -2.52. The third kappa shape index (κ3) is 5.38. The van der Waals surface area contributed by atoms with E-state index in [1.165, 1.54) is 0 Å². The Labute approximate surface area is 196 Å². The maximum Gasteiger partial charge on any atom is 0.266 e. The minimum atomic E-state index is -1.20. The summed E-state index contributed by atoms with van der Waals surface area (Å²) in [6.07, 6.45) is 1.94. The SMILES string of the molecule is C=CC[C@]1(C(=O)NN(C)C)N=C(c2ccc(OCCCO)cc2)O[C@H]1c1ccc(Br)cc1. The van der Waals surface area contributed by atoms with Crippen LogP contribution in [0.3, 0.4) is 0 Å². The largest absolute Gasteiger partial charge is 0.494 e. The molecule has 0 saturated carbocycles. The number of ether oxygens (including phenoxy) is 2. The minimum Gasteiger partial charge on any atom is -0.494 e. The van der Waals surface area contributed by atoms with Crippen LogP contribution in [0.2, 0.25) is 0 Å². The highest BCUT2D eigenvalue weighted by Crippen LogP contribution is 2.43. The molecule has 0 unspecified atom stereocenters. The van der Waals surface area contributed by atoms with E-state index in [2.05, 4.69) is 27.9 Å². The van der Waals surface area contributed by atoms with Crippen molar-refractivity contribution in [2.24, 2.45) is 4.99 Å². The Morgan fingerprint density at radius 1 is 1.28 bits per heavy atom. The Hall–Kier alpha value is -2.68. The third-order valence-corrected chi connectivity index (χ3v) is 5.51. The van der Waals surface area contributed by atoms with E-state index in [9.17, 15) is 4.79 Å². The van der Waals surface area contributed by atoms with Gasteiger partial charge in [0.2, 0.25) is 5.90 Å². The molecule has 2 aromatic carbocycles. The number of carbonyl (C=O) groups excluding carboxylic acids is 1. The molecular formula is C24H28BrN3O4. The maximum atomic E-state index is 13.4. The first-order chi connectivity index (χ1) is 15.4. The van der Waals surface area contributed by atoms with Crippen molar-refractivity contribution in [3.63, 3.8) is 0 Å². The fourth-order valence-corrected chi connectivity index (χ4v) is 3.74. The van der Waals surface area contributed by atoms with E-state index in [1.807, 2.05) is 48.5 Å². The number of halogens is 1. The number of benzene rings is 2. The Morgan fingerprint density at radius 3 is 2.56 bits per heavy atom. The number of carbonyl (C=O) groups is 1. The zero-order valence-electron chi connectivity index (χ0n) is 18.3. The van der Waals surface area contributed by atoms with Crippen molar-refractivity contribution in [1.29, 1.82) is 0 Å². The molecule has 0 radical (unpaired) electrons. The van der Waals surface area contributed by atoms with Crippen molar-refractivity contribution in [3.05, 3.63) is 76.8 Å². The summed E-state index contributed by atoms with van der Waals surface area (Å²) in [5.74, 6) is 0.804. The summed E-state index contributed by atoms with van der Waals surface area (Å²) in [4.78, 5) is 18.2. The van der Waals surface area contributed by atoms with Crippen molar-refractivity contribution >= 4 is 27.7 Å². The number of rotatable bonds is 10. The van der Waals surface area contributed by atoms with E-state index < -0.39 is 11.6 Å². The van der Waals surface area contributed by atoms with Crippen LogP contribution in [0.1, 0.15) is 30.1 Å². The number of nitrogens with one attached hydrogen (secondary N) is 1. The zero-order chi connectivity index (χ0) is 23.1. The molecule has 170 valence electrons. The predicted molar refractivity (Wildman–Crippen MR) is 128 cm³/mol. The number of hydrazine groups is 1. The highest BCUT2D eigenvalue weighted by molar-refractivity contribution is 9.10. The second kappa shape index (κ2) is 10.8. The number of hydrogen-bond donors (Lipinski definition) is 2. The number of nitrogens with zero attached hydrogens (tertiary/aromatic N) is 2. The summed E-state index contributed by atoms with van der Waals surface area (Å²) in [6.45, 7) is 4.38. The maximum absolute atomic E-state index is 13.4. The monoisotopic (exact) mass is 501 g/mol. The van der Waals surface area contributed by atoms with Gasteiger partial charge in [0, 0.05) is 43.6 Å². The second-order valence-electron chi connectivity index (χ2n) is 7.67. The van der Waals surface area contributed by atoms with Gasteiger partial charge in [0.15, 0.2) is 11.6 Å². The summed E-state index contributed by atoms with van der Waals surface area (Å²) < 4.78 is 12.9. The molecule has 0 saturated heterocycles. The van der Waals surface area contributed by atoms with Gasteiger partial charge in [-0.3, -0.25) is 10.2 Å². The second-order valence-corrected chi connectivity index (χ2v) is 8.58. The fraction of sp³-hybridized carbons (Fsp3) is 0.333. The Balaban J connectivity index is 1.98. The van der Waals surface area contributed by atoms with Gasteiger partial charge in [-0.25, -0.2) is 10.0 Å². The average Bonchev–Trinajstić information content (AvgIpc) is 3.15. The number of aliphatic hydroxyl groups excluding tert-OH is 1. The zero-order valence-corrected chi connectivity index (χ0v) is 19.8. The van der Waals surface area contributed by atoms with Gasteiger partial charge in [-0.15, -0.1) is 6.58 Å². The molecule has 0 aromatic heterocycles. The number of aliphatic hydroxyl groups is 1. The van der Waals surface area contributed by atoms with Crippen LogP contribution in [0.5, 0.6) is 5.75 Å². The lowest BCUT2D eigenvalue weighted by Gasteiger charge is -2.30. The van der Waals surface area contributed by atoms with Crippen molar-refractivity contribution in [1.82, 2.24) is 10.4 Å². The van der Waals surface area contributed by atoms with Crippen molar-refractivity contribution in [2.75, 3.05) is 27.3 Å². The molecular weight excluding hydrogens is 474 g/mol. The van der Waals surface area contributed by atoms with Crippen LogP contribution >= 0.6 is 15.9 Å². The molecule has 8 heteroatoms. The van der Waals surface area contributed by atoms with Crippen LogP contribution in [0, 0.1) is 0 Å². The molecule has 2 atom stereocenters. The van der Waals surface area contributed by atoms with Gasteiger partial charge in [-0.2, -0.15) is 0 Å². The predicted octanol–water partition coefficient (Wildman–Crippen LogP) is 3.64. The Kier molecular flexibility index (Phi) is 8.06. The third-order valence-electron chi connectivity index (χ3n) is 4.98. The van der Waals surface area contributed by atoms with Crippen molar-refractivity contribution in [3.8, 4) is 5.75 Å². The summed E-state index contributed by atoms with van der Waals surface area (Å²) in [7, 11) is 3.51. The van der Waals surface area contributed by atoms with E-state index in [1.54, 1.807) is 25.2 Å². The first-order valence-electron chi connectivity index (χ1n) is 10.3. The van der Waals surface area contributed by atoms with Gasteiger partial charge in [0.05, 0.1) is 6.61 Å². The van der Waals surface area contributed by atoms with Crippen LogP contribution in [0.4, 0.5) is 0 Å². The quantitative estimate of drug-likeness (QED) is 0.295. The van der Waals surface area contributed by atoms with E-state index in [0.29, 0.717) is 31.1 Å².